The predicted octanol–water partition coefficient (Wildman–Crippen LogP) is 3.68. The Morgan fingerprint density at radius 3 is 2.17 bits per heavy atom. The van der Waals surface area contributed by atoms with E-state index in [1.807, 2.05) is 6.20 Å². The Labute approximate surface area is 78.5 Å². The fraction of sp³-hybridized carbons (Fsp3) is 0.667. The molecule has 1 rings (SSSR count). The predicted molar refractivity (Wildman–Crippen MR) is 59.3 cm³/mol. The lowest BCUT2D eigenvalue weighted by atomic mass is 10.2. The van der Waals surface area contributed by atoms with Crippen LogP contribution in [0.5, 0.6) is 0 Å². The molecule has 0 saturated heterocycles. The zero-order chi connectivity index (χ0) is 9.41. The molecule has 0 radical (unpaired) electrons. The second-order valence-corrected chi connectivity index (χ2v) is 14.9. The van der Waals surface area contributed by atoms with Crippen LogP contribution in [-0.4, -0.2) is 12.2 Å². The second-order valence-electron chi connectivity index (χ2n) is 4.67. The van der Waals surface area contributed by atoms with Crippen molar-refractivity contribution in [3.05, 3.63) is 17.1 Å². The Kier molecular flexibility index (Phi) is 2.45. The van der Waals surface area contributed by atoms with E-state index in [0.29, 0.717) is 15.0 Å². The lowest BCUT2D eigenvalue weighted by Crippen LogP contribution is -2.33. The van der Waals surface area contributed by atoms with Crippen LogP contribution in [0.4, 0.5) is 0 Å². The van der Waals surface area contributed by atoms with Gasteiger partial charge in [-0.05, 0) is 13.1 Å². The van der Waals surface area contributed by atoms with Crippen LogP contribution < -0.4 is 0 Å². The van der Waals surface area contributed by atoms with Gasteiger partial charge in [-0.1, -0.05) is 30.7 Å². The lowest BCUT2D eigenvalue weighted by Gasteiger charge is -2.27. The molecule has 0 amide bonds. The molecule has 0 aliphatic heterocycles. The molecule has 1 aromatic rings. The van der Waals surface area contributed by atoms with Crippen molar-refractivity contribution in [2.45, 2.75) is 38.9 Å². The van der Waals surface area contributed by atoms with Crippen LogP contribution in [0.15, 0.2) is 17.1 Å². The van der Waals surface area contributed by atoms with E-state index in [9.17, 15) is 0 Å². The van der Waals surface area contributed by atoms with Crippen LogP contribution in [0.25, 0.3) is 0 Å². The van der Waals surface area contributed by atoms with Crippen molar-refractivity contribution in [2.75, 3.05) is 0 Å². The van der Waals surface area contributed by atoms with Gasteiger partial charge in [-0.25, -0.2) is 4.98 Å². The van der Waals surface area contributed by atoms with Crippen molar-refractivity contribution in [1.29, 1.82) is 0 Å². The van der Waals surface area contributed by atoms with E-state index in [0.717, 1.165) is 0 Å². The fourth-order valence-corrected chi connectivity index (χ4v) is 6.97. The first kappa shape index (κ1) is 9.93. The standard InChI is InChI=1S/C9H18NSSi/c1-9(2,3)12(4,5)11-7-6-10-8-11/h6-8H,1-5H3/q+1. The zero-order valence-corrected chi connectivity index (χ0v) is 10.4. The van der Waals surface area contributed by atoms with E-state index in [4.69, 9.17) is 0 Å². The largest absolute Gasteiger partial charge is 0.325 e. The molecule has 0 N–H and O–H groups in total. The van der Waals surface area contributed by atoms with Crippen LogP contribution in [0.1, 0.15) is 20.8 Å². The molecule has 0 spiro atoms. The maximum Gasteiger partial charge on any atom is 0.325 e. The lowest BCUT2D eigenvalue weighted by molar-refractivity contribution is 0.736. The molecule has 1 unspecified atom stereocenters. The molecule has 12 heavy (non-hydrogen) atoms. The summed E-state index contributed by atoms with van der Waals surface area (Å²) in [6.45, 7) is 12.0. The van der Waals surface area contributed by atoms with Gasteiger partial charge in [0.15, 0.2) is 0 Å². The Morgan fingerprint density at radius 2 is 1.83 bits per heavy atom. The minimum absolute atomic E-state index is 0.360. The number of thiazole rings is 1. The molecule has 0 saturated carbocycles. The van der Waals surface area contributed by atoms with E-state index in [1.165, 1.54) is 0 Å². The topological polar surface area (TPSA) is 12.9 Å². The van der Waals surface area contributed by atoms with E-state index in [1.54, 1.807) is 0 Å². The average Bonchev–Trinajstić information content (AvgIpc) is 2.34. The molecule has 3 heteroatoms. The summed E-state index contributed by atoms with van der Waals surface area (Å²) in [7, 11) is -0.821. The summed E-state index contributed by atoms with van der Waals surface area (Å²) in [5, 5.41) is 2.74. The first-order valence-electron chi connectivity index (χ1n) is 4.28. The Balaban J connectivity index is 3.02. The first-order chi connectivity index (χ1) is 5.36. The molecule has 0 aliphatic rings. The number of nitrogens with zero attached hydrogens (tertiary/aromatic N) is 1. The molecule has 68 valence electrons. The van der Waals surface area contributed by atoms with Gasteiger partial charge in [0.25, 0.3) is 0 Å². The minimum Gasteiger partial charge on any atom is -0.210 e. The van der Waals surface area contributed by atoms with Gasteiger partial charge in [0.2, 0.25) is 5.51 Å². The van der Waals surface area contributed by atoms with E-state index in [-0.39, 0.29) is 0 Å². The smallest absolute Gasteiger partial charge is 0.210 e. The third-order valence-corrected chi connectivity index (χ3v) is 14.5. The van der Waals surface area contributed by atoms with Crippen LogP contribution in [0.3, 0.4) is 0 Å². The Hall–Kier alpha value is -0.153. The van der Waals surface area contributed by atoms with Gasteiger partial charge in [0.1, 0.15) is 5.38 Å². The third kappa shape index (κ3) is 1.61. The Morgan fingerprint density at radius 1 is 1.25 bits per heavy atom. The van der Waals surface area contributed by atoms with Crippen LogP contribution in [0, 0.1) is 0 Å². The molecule has 0 aliphatic carbocycles. The summed E-state index contributed by atoms with van der Waals surface area (Å²) in [4.78, 5) is 4.19. The van der Waals surface area contributed by atoms with E-state index >= 15 is 0 Å². The summed E-state index contributed by atoms with van der Waals surface area (Å²) in [5.74, 6) is 0. The summed E-state index contributed by atoms with van der Waals surface area (Å²) >= 11 is 0. The second kappa shape index (κ2) is 2.96. The number of hydrogen-bond acceptors (Lipinski definition) is 1. The minimum atomic E-state index is -1.18. The van der Waals surface area contributed by atoms with Gasteiger partial charge in [-0.3, -0.25) is 0 Å². The Bertz CT molecular complexity index is 246. The van der Waals surface area contributed by atoms with Crippen LogP contribution in [-0.2, 0) is 0 Å². The summed E-state index contributed by atoms with van der Waals surface area (Å²) < 4.78 is 0. The van der Waals surface area contributed by atoms with Crippen LogP contribution in [0.2, 0.25) is 18.1 Å². The summed E-state index contributed by atoms with van der Waals surface area (Å²) in [5.41, 5.74) is 2.14. The van der Waals surface area contributed by atoms with Crippen molar-refractivity contribution >= 4 is 17.1 Å². The summed E-state index contributed by atoms with van der Waals surface area (Å²) in [6, 6.07) is 0. The highest BCUT2D eigenvalue weighted by atomic mass is 32.4. The SMILES string of the molecule is CC(C)(C)[Si](C)(C)[s+]1ccnc1. The highest BCUT2D eigenvalue weighted by molar-refractivity contribution is 7.74. The van der Waals surface area contributed by atoms with E-state index in [2.05, 4.69) is 49.7 Å². The van der Waals surface area contributed by atoms with E-state index < -0.39 is 7.22 Å². The maximum absolute atomic E-state index is 4.19. The molecule has 0 aromatic carbocycles. The summed E-state index contributed by atoms with van der Waals surface area (Å²) in [6.07, 6.45) is 1.95. The molecule has 0 fully saturated rings. The monoisotopic (exact) mass is 200 g/mol. The van der Waals surface area contributed by atoms with Gasteiger partial charge < -0.3 is 0 Å². The maximum atomic E-state index is 4.19. The van der Waals surface area contributed by atoms with Crippen LogP contribution >= 0.6 is 9.92 Å². The normalized spacial score (nSPS) is 14.9. The van der Waals surface area contributed by atoms with Gasteiger partial charge >= 0.3 is 7.22 Å². The molecule has 1 aromatic heterocycles. The first-order valence-corrected chi connectivity index (χ1v) is 9.35. The van der Waals surface area contributed by atoms with Crippen molar-refractivity contribution in [1.82, 2.24) is 4.98 Å². The van der Waals surface area contributed by atoms with Gasteiger partial charge in [-0.15, -0.1) is 0 Å². The molecule has 0 bridgehead atoms. The number of rotatable bonds is 1. The number of aromatic nitrogens is 1. The molecule has 1 atom stereocenters. The fourth-order valence-electron chi connectivity index (χ4n) is 0.892. The van der Waals surface area contributed by atoms with Gasteiger partial charge in [0.05, 0.1) is 6.20 Å². The number of hydrogen-bond donors (Lipinski definition) is 0. The van der Waals surface area contributed by atoms with Crippen molar-refractivity contribution in [3.8, 4) is 0 Å². The molecule has 1 heterocycles. The molecule has 1 nitrogen and oxygen atoms in total. The third-order valence-electron chi connectivity index (χ3n) is 2.86. The quantitative estimate of drug-likeness (QED) is 0.498. The van der Waals surface area contributed by atoms with Gasteiger partial charge in [-0.2, -0.15) is 0 Å². The molecular formula is C9H18NSSi+. The van der Waals surface area contributed by atoms with Crippen molar-refractivity contribution in [3.63, 3.8) is 0 Å². The molecular weight excluding hydrogens is 182 g/mol. The van der Waals surface area contributed by atoms with Crippen molar-refractivity contribution < 1.29 is 0 Å². The average molecular weight is 200 g/mol. The highest BCUT2D eigenvalue weighted by Crippen LogP contribution is 2.46. The van der Waals surface area contributed by atoms with Crippen molar-refractivity contribution in [2.24, 2.45) is 0 Å². The highest BCUT2D eigenvalue weighted by Gasteiger charge is 2.47. The van der Waals surface area contributed by atoms with Gasteiger partial charge in [0, 0.05) is 5.04 Å². The zero-order valence-electron chi connectivity index (χ0n) is 8.59.